The monoisotopic (exact) mass is 308 g/mol. The van der Waals surface area contributed by atoms with Crippen LogP contribution in [0.3, 0.4) is 0 Å². The van der Waals surface area contributed by atoms with Gasteiger partial charge < -0.3 is 5.32 Å². The van der Waals surface area contributed by atoms with E-state index in [2.05, 4.69) is 69.3 Å². The van der Waals surface area contributed by atoms with Crippen LogP contribution in [0.15, 0.2) is 17.5 Å². The van der Waals surface area contributed by atoms with Gasteiger partial charge in [-0.15, -0.1) is 11.3 Å². The van der Waals surface area contributed by atoms with Crippen LogP contribution in [-0.4, -0.2) is 36.6 Å². The third-order valence-electron chi connectivity index (χ3n) is 4.85. The fourth-order valence-electron chi connectivity index (χ4n) is 3.39. The Morgan fingerprint density at radius 3 is 2.52 bits per heavy atom. The average molecular weight is 309 g/mol. The van der Waals surface area contributed by atoms with Crippen molar-refractivity contribution in [2.45, 2.75) is 59.0 Å². The zero-order valence-electron chi connectivity index (χ0n) is 14.5. The van der Waals surface area contributed by atoms with Crippen LogP contribution in [0.25, 0.3) is 0 Å². The maximum atomic E-state index is 3.76. The summed E-state index contributed by atoms with van der Waals surface area (Å²) >= 11 is 1.89. The van der Waals surface area contributed by atoms with Crippen LogP contribution in [0.4, 0.5) is 0 Å². The van der Waals surface area contributed by atoms with Crippen LogP contribution in [-0.2, 0) is 5.41 Å². The second-order valence-corrected chi connectivity index (χ2v) is 8.81. The van der Waals surface area contributed by atoms with Crippen LogP contribution in [0.2, 0.25) is 0 Å². The van der Waals surface area contributed by atoms with Crippen LogP contribution >= 0.6 is 11.3 Å². The summed E-state index contributed by atoms with van der Waals surface area (Å²) in [6, 6.07) is 5.74. The first kappa shape index (κ1) is 17.0. The topological polar surface area (TPSA) is 15.3 Å². The summed E-state index contributed by atoms with van der Waals surface area (Å²) in [6.45, 7) is 17.6. The van der Waals surface area contributed by atoms with E-state index in [1.54, 1.807) is 0 Å². The Labute approximate surface area is 134 Å². The molecule has 2 nitrogen and oxygen atoms in total. The Morgan fingerprint density at radius 2 is 2.00 bits per heavy atom. The predicted molar refractivity (Wildman–Crippen MR) is 94.2 cm³/mol. The van der Waals surface area contributed by atoms with Crippen molar-refractivity contribution in [3.05, 3.63) is 22.4 Å². The Kier molecular flexibility index (Phi) is 5.50. The fourth-order valence-corrected chi connectivity index (χ4v) is 4.23. The standard InChI is InChI=1S/C18H32N2S/c1-13(2)15-11-20(16(10-19-15)14(3)4)12-18(5,6)17-8-7-9-21-17/h7-9,13-16,19H,10-12H2,1-6H3. The molecular formula is C18H32N2S. The molecule has 0 aliphatic carbocycles. The smallest absolute Gasteiger partial charge is 0.0244 e. The number of rotatable bonds is 5. The van der Waals surface area contributed by atoms with Crippen molar-refractivity contribution in [1.29, 1.82) is 0 Å². The van der Waals surface area contributed by atoms with Gasteiger partial charge in [-0.1, -0.05) is 47.6 Å². The van der Waals surface area contributed by atoms with Crippen LogP contribution in [0.5, 0.6) is 0 Å². The maximum Gasteiger partial charge on any atom is 0.0244 e. The molecule has 1 aromatic rings. The molecule has 2 rings (SSSR count). The molecule has 1 saturated heterocycles. The number of hydrogen-bond donors (Lipinski definition) is 1. The van der Waals surface area contributed by atoms with E-state index in [9.17, 15) is 0 Å². The van der Waals surface area contributed by atoms with Gasteiger partial charge in [-0.25, -0.2) is 0 Å². The lowest BCUT2D eigenvalue weighted by molar-refractivity contribution is 0.0680. The van der Waals surface area contributed by atoms with Crippen molar-refractivity contribution in [3.8, 4) is 0 Å². The average Bonchev–Trinajstić information content (AvgIpc) is 2.92. The van der Waals surface area contributed by atoms with Gasteiger partial charge in [0, 0.05) is 42.0 Å². The van der Waals surface area contributed by atoms with E-state index in [1.165, 1.54) is 11.4 Å². The lowest BCUT2D eigenvalue weighted by Gasteiger charge is -2.46. The van der Waals surface area contributed by atoms with E-state index in [4.69, 9.17) is 0 Å². The highest BCUT2D eigenvalue weighted by Crippen LogP contribution is 2.31. The highest BCUT2D eigenvalue weighted by molar-refractivity contribution is 7.10. The van der Waals surface area contributed by atoms with Gasteiger partial charge >= 0.3 is 0 Å². The van der Waals surface area contributed by atoms with Crippen molar-refractivity contribution in [2.75, 3.05) is 19.6 Å². The van der Waals surface area contributed by atoms with Gasteiger partial charge in [-0.3, -0.25) is 4.90 Å². The van der Waals surface area contributed by atoms with Crippen molar-refractivity contribution in [2.24, 2.45) is 11.8 Å². The van der Waals surface area contributed by atoms with Gasteiger partial charge in [0.25, 0.3) is 0 Å². The van der Waals surface area contributed by atoms with Gasteiger partial charge in [0.1, 0.15) is 0 Å². The maximum absolute atomic E-state index is 3.76. The molecule has 0 amide bonds. The zero-order valence-corrected chi connectivity index (χ0v) is 15.3. The minimum Gasteiger partial charge on any atom is -0.311 e. The Bertz CT molecular complexity index is 422. The summed E-state index contributed by atoms with van der Waals surface area (Å²) in [6.07, 6.45) is 0. The summed E-state index contributed by atoms with van der Waals surface area (Å²) < 4.78 is 0. The summed E-state index contributed by atoms with van der Waals surface area (Å²) in [5, 5.41) is 5.96. The highest BCUT2D eigenvalue weighted by atomic mass is 32.1. The normalized spacial score (nSPS) is 25.0. The van der Waals surface area contributed by atoms with Crippen molar-refractivity contribution < 1.29 is 0 Å². The lowest BCUT2D eigenvalue weighted by atomic mass is 9.87. The number of nitrogens with zero attached hydrogens (tertiary/aromatic N) is 1. The first-order valence-corrected chi connectivity index (χ1v) is 9.20. The predicted octanol–water partition coefficient (Wildman–Crippen LogP) is 3.98. The molecule has 0 saturated carbocycles. The molecule has 1 aromatic heterocycles. The van der Waals surface area contributed by atoms with E-state index in [1.807, 2.05) is 11.3 Å². The van der Waals surface area contributed by atoms with Gasteiger partial charge in [0.05, 0.1) is 0 Å². The third kappa shape index (κ3) is 4.08. The molecule has 21 heavy (non-hydrogen) atoms. The number of hydrogen-bond acceptors (Lipinski definition) is 3. The Balaban J connectivity index is 2.12. The van der Waals surface area contributed by atoms with E-state index in [0.717, 1.165) is 13.1 Å². The molecule has 0 bridgehead atoms. The number of thiophene rings is 1. The SMILES string of the molecule is CC(C)C1CN(CC(C)(C)c2cccs2)C(C(C)C)CN1. The molecule has 0 radical (unpaired) electrons. The largest absolute Gasteiger partial charge is 0.311 e. The van der Waals surface area contributed by atoms with Gasteiger partial charge in [-0.2, -0.15) is 0 Å². The molecule has 0 aromatic carbocycles. The lowest BCUT2D eigenvalue weighted by Crippen LogP contribution is -2.61. The summed E-state index contributed by atoms with van der Waals surface area (Å²) in [7, 11) is 0. The second-order valence-electron chi connectivity index (χ2n) is 7.86. The zero-order chi connectivity index (χ0) is 15.6. The van der Waals surface area contributed by atoms with Crippen molar-refractivity contribution in [3.63, 3.8) is 0 Å². The first-order valence-electron chi connectivity index (χ1n) is 8.32. The Morgan fingerprint density at radius 1 is 1.29 bits per heavy atom. The van der Waals surface area contributed by atoms with Crippen molar-refractivity contribution >= 4 is 11.3 Å². The van der Waals surface area contributed by atoms with E-state index >= 15 is 0 Å². The molecule has 2 heterocycles. The first-order chi connectivity index (χ1) is 9.81. The minimum absolute atomic E-state index is 0.236. The van der Waals surface area contributed by atoms with E-state index < -0.39 is 0 Å². The van der Waals surface area contributed by atoms with Gasteiger partial charge in [0.15, 0.2) is 0 Å². The van der Waals surface area contributed by atoms with Crippen LogP contribution in [0, 0.1) is 11.8 Å². The number of nitrogens with one attached hydrogen (secondary N) is 1. The minimum atomic E-state index is 0.236. The van der Waals surface area contributed by atoms with Gasteiger partial charge in [0.2, 0.25) is 0 Å². The molecule has 1 fully saturated rings. The molecule has 1 aliphatic rings. The second kappa shape index (κ2) is 6.80. The molecule has 2 unspecified atom stereocenters. The van der Waals surface area contributed by atoms with Crippen LogP contribution in [0.1, 0.15) is 46.4 Å². The van der Waals surface area contributed by atoms with Crippen molar-refractivity contribution in [1.82, 2.24) is 10.2 Å². The molecular weight excluding hydrogens is 276 g/mol. The summed E-state index contributed by atoms with van der Waals surface area (Å²) in [5.41, 5.74) is 0.236. The molecule has 1 aliphatic heterocycles. The molecule has 1 N–H and O–H groups in total. The van der Waals surface area contributed by atoms with E-state index in [0.29, 0.717) is 23.9 Å². The van der Waals surface area contributed by atoms with Gasteiger partial charge in [-0.05, 0) is 23.3 Å². The molecule has 2 atom stereocenters. The van der Waals surface area contributed by atoms with Crippen LogP contribution < -0.4 is 5.32 Å². The molecule has 120 valence electrons. The highest BCUT2D eigenvalue weighted by Gasteiger charge is 2.35. The fraction of sp³-hybridized carbons (Fsp3) is 0.778. The number of piperazine rings is 1. The summed E-state index contributed by atoms with van der Waals surface area (Å²) in [4.78, 5) is 4.25. The molecule has 0 spiro atoms. The third-order valence-corrected chi connectivity index (χ3v) is 6.09. The van der Waals surface area contributed by atoms with E-state index in [-0.39, 0.29) is 5.41 Å². The molecule has 3 heteroatoms. The Hall–Kier alpha value is -0.380. The quantitative estimate of drug-likeness (QED) is 0.885. The summed E-state index contributed by atoms with van der Waals surface area (Å²) in [5.74, 6) is 1.40.